The molecule has 2 aromatic carbocycles. The molecule has 0 atom stereocenters. The van der Waals surface area contributed by atoms with Crippen LogP contribution in [-0.4, -0.2) is 14.7 Å². The molecule has 110 valence electrons. The van der Waals surface area contributed by atoms with Crippen LogP contribution in [0.2, 0.25) is 5.02 Å². The third-order valence-corrected chi connectivity index (χ3v) is 4.67. The van der Waals surface area contributed by atoms with Crippen LogP contribution in [0.15, 0.2) is 58.8 Å². The average Bonchev–Trinajstić information content (AvgIpc) is 2.47. The van der Waals surface area contributed by atoms with Crippen LogP contribution >= 0.6 is 23.4 Å². The summed E-state index contributed by atoms with van der Waals surface area (Å²) in [6.45, 7) is 0. The van der Waals surface area contributed by atoms with Crippen molar-refractivity contribution in [2.45, 2.75) is 4.90 Å². The van der Waals surface area contributed by atoms with Gasteiger partial charge in [-0.25, -0.2) is 8.42 Å². The first kappa shape index (κ1) is 15.9. The largest absolute Gasteiger partial charge is 0.280 e. The first-order valence-electron chi connectivity index (χ1n) is 6.09. The van der Waals surface area contributed by atoms with Crippen LogP contribution in [-0.2, 0) is 10.0 Å². The van der Waals surface area contributed by atoms with E-state index in [0.29, 0.717) is 10.7 Å². The van der Waals surface area contributed by atoms with E-state index in [1.165, 1.54) is 6.08 Å². The van der Waals surface area contributed by atoms with E-state index in [1.807, 2.05) is 18.4 Å². The lowest BCUT2D eigenvalue weighted by Gasteiger charge is -2.05. The van der Waals surface area contributed by atoms with E-state index in [1.54, 1.807) is 48.2 Å². The van der Waals surface area contributed by atoms with Gasteiger partial charge in [0.15, 0.2) is 0 Å². The second-order valence-corrected chi connectivity index (χ2v) is 7.11. The molecule has 1 N–H and O–H groups in total. The molecule has 0 spiro atoms. The molecule has 0 aliphatic heterocycles. The maximum atomic E-state index is 12.0. The van der Waals surface area contributed by atoms with Crippen LogP contribution < -0.4 is 4.72 Å². The van der Waals surface area contributed by atoms with Crippen LogP contribution in [0.3, 0.4) is 0 Å². The summed E-state index contributed by atoms with van der Waals surface area (Å²) < 4.78 is 26.4. The van der Waals surface area contributed by atoms with E-state index in [0.717, 1.165) is 15.9 Å². The van der Waals surface area contributed by atoms with Gasteiger partial charge in [0.25, 0.3) is 10.0 Å². The van der Waals surface area contributed by atoms with Crippen molar-refractivity contribution < 1.29 is 8.42 Å². The zero-order chi connectivity index (χ0) is 15.3. The molecule has 0 radical (unpaired) electrons. The molecule has 0 saturated carbocycles. The zero-order valence-electron chi connectivity index (χ0n) is 11.3. The van der Waals surface area contributed by atoms with Gasteiger partial charge in [0, 0.05) is 15.6 Å². The molecule has 0 bridgehead atoms. The Hall–Kier alpha value is -1.43. The first-order chi connectivity index (χ1) is 9.98. The normalized spacial score (nSPS) is 11.7. The van der Waals surface area contributed by atoms with Crippen molar-refractivity contribution in [3.8, 4) is 0 Å². The molecule has 6 heteroatoms. The minimum atomic E-state index is -3.53. The summed E-state index contributed by atoms with van der Waals surface area (Å²) in [5, 5.41) is 1.75. The highest BCUT2D eigenvalue weighted by atomic mass is 35.5. The molecule has 0 heterocycles. The van der Waals surface area contributed by atoms with Crippen LogP contribution in [0.25, 0.3) is 6.08 Å². The number of hydrogen-bond acceptors (Lipinski definition) is 3. The summed E-state index contributed by atoms with van der Waals surface area (Å²) in [6.07, 6.45) is 3.49. The van der Waals surface area contributed by atoms with E-state index in [4.69, 9.17) is 11.6 Å². The van der Waals surface area contributed by atoms with Gasteiger partial charge in [0.1, 0.15) is 0 Å². The molecule has 0 aliphatic rings. The van der Waals surface area contributed by atoms with Gasteiger partial charge in [-0.1, -0.05) is 23.7 Å². The van der Waals surface area contributed by atoms with Crippen molar-refractivity contribution in [2.24, 2.45) is 0 Å². The van der Waals surface area contributed by atoms with Crippen LogP contribution in [0, 0.1) is 0 Å². The molecule has 21 heavy (non-hydrogen) atoms. The number of rotatable bonds is 5. The molecule has 3 nitrogen and oxygen atoms in total. The average molecular weight is 340 g/mol. The van der Waals surface area contributed by atoms with Crippen molar-refractivity contribution in [2.75, 3.05) is 11.0 Å². The zero-order valence-corrected chi connectivity index (χ0v) is 13.7. The lowest BCUT2D eigenvalue weighted by atomic mass is 10.2. The van der Waals surface area contributed by atoms with Gasteiger partial charge >= 0.3 is 0 Å². The topological polar surface area (TPSA) is 46.2 Å². The van der Waals surface area contributed by atoms with E-state index in [9.17, 15) is 8.42 Å². The van der Waals surface area contributed by atoms with Gasteiger partial charge < -0.3 is 0 Å². The third kappa shape index (κ3) is 5.12. The highest BCUT2D eigenvalue weighted by Crippen LogP contribution is 2.18. The fourth-order valence-corrected chi connectivity index (χ4v) is 3.00. The number of hydrogen-bond donors (Lipinski definition) is 1. The van der Waals surface area contributed by atoms with Crippen molar-refractivity contribution in [3.63, 3.8) is 0 Å². The lowest BCUT2D eigenvalue weighted by Crippen LogP contribution is -2.08. The maximum Gasteiger partial charge on any atom is 0.255 e. The molecule has 0 unspecified atom stereocenters. The summed E-state index contributed by atoms with van der Waals surface area (Å²) in [5.41, 5.74) is 1.30. The summed E-state index contributed by atoms with van der Waals surface area (Å²) in [6, 6.07) is 14.1. The molecule has 0 aliphatic carbocycles. The number of halogens is 1. The predicted molar refractivity (Wildman–Crippen MR) is 91.3 cm³/mol. The van der Waals surface area contributed by atoms with Gasteiger partial charge in [-0.05, 0) is 54.3 Å². The summed E-state index contributed by atoms with van der Waals surface area (Å²) in [7, 11) is -3.53. The highest BCUT2D eigenvalue weighted by molar-refractivity contribution is 7.98. The molecular weight excluding hydrogens is 326 g/mol. The number of sulfonamides is 1. The smallest absolute Gasteiger partial charge is 0.255 e. The second-order valence-electron chi connectivity index (χ2n) is 4.23. The third-order valence-electron chi connectivity index (χ3n) is 2.66. The minimum Gasteiger partial charge on any atom is -0.280 e. The van der Waals surface area contributed by atoms with Gasteiger partial charge in [-0.2, -0.15) is 0 Å². The summed E-state index contributed by atoms with van der Waals surface area (Å²) >= 11 is 7.38. The summed E-state index contributed by atoms with van der Waals surface area (Å²) in [4.78, 5) is 1.08. The number of nitrogens with one attached hydrogen (secondary N) is 1. The SMILES string of the molecule is CSc1ccc(NS(=O)(=O)/C=C/c2ccc(Cl)cc2)cc1. The monoisotopic (exact) mass is 339 g/mol. The Kier molecular flexibility index (Phi) is 5.33. The first-order valence-corrected chi connectivity index (χ1v) is 9.24. The van der Waals surface area contributed by atoms with Crippen molar-refractivity contribution in [1.29, 1.82) is 0 Å². The van der Waals surface area contributed by atoms with Gasteiger partial charge in [0.05, 0.1) is 5.41 Å². The molecule has 0 amide bonds. The van der Waals surface area contributed by atoms with Gasteiger partial charge in [-0.15, -0.1) is 11.8 Å². The maximum absolute atomic E-state index is 12.0. The van der Waals surface area contributed by atoms with Crippen molar-refractivity contribution in [1.82, 2.24) is 0 Å². The van der Waals surface area contributed by atoms with Crippen molar-refractivity contribution >= 4 is 45.1 Å². The number of thioether (sulfide) groups is 1. The quantitative estimate of drug-likeness (QED) is 0.817. The number of benzene rings is 2. The lowest BCUT2D eigenvalue weighted by molar-refractivity contribution is 0.609. The van der Waals surface area contributed by atoms with E-state index in [-0.39, 0.29) is 0 Å². The number of anilines is 1. The Morgan fingerprint density at radius 3 is 2.24 bits per heavy atom. The molecular formula is C15H14ClNO2S2. The van der Waals surface area contributed by atoms with Gasteiger partial charge in [0.2, 0.25) is 0 Å². The van der Waals surface area contributed by atoms with Crippen molar-refractivity contribution in [3.05, 3.63) is 64.5 Å². The fraction of sp³-hybridized carbons (Fsp3) is 0.0667. The Labute approximate surface area is 134 Å². The standard InChI is InChI=1S/C15H14ClNO2S2/c1-20-15-8-6-14(7-9-15)17-21(18,19)11-10-12-2-4-13(16)5-3-12/h2-11,17H,1H3/b11-10+. The van der Waals surface area contributed by atoms with Crippen LogP contribution in [0.5, 0.6) is 0 Å². The van der Waals surface area contributed by atoms with E-state index >= 15 is 0 Å². The van der Waals surface area contributed by atoms with E-state index in [2.05, 4.69) is 4.72 Å². The highest BCUT2D eigenvalue weighted by Gasteiger charge is 2.05. The second kappa shape index (κ2) is 7.02. The molecule has 2 aromatic rings. The minimum absolute atomic E-state index is 0.536. The molecule has 2 rings (SSSR count). The summed E-state index contributed by atoms with van der Waals surface area (Å²) in [5.74, 6) is 0. The Bertz CT molecular complexity index is 723. The Morgan fingerprint density at radius 1 is 1.05 bits per heavy atom. The Balaban J connectivity index is 2.08. The molecule has 0 fully saturated rings. The Morgan fingerprint density at radius 2 is 1.67 bits per heavy atom. The van der Waals surface area contributed by atoms with E-state index < -0.39 is 10.0 Å². The van der Waals surface area contributed by atoms with Crippen LogP contribution in [0.4, 0.5) is 5.69 Å². The predicted octanol–water partition coefficient (Wildman–Crippen LogP) is 4.47. The van der Waals surface area contributed by atoms with Crippen LogP contribution in [0.1, 0.15) is 5.56 Å². The van der Waals surface area contributed by atoms with Gasteiger partial charge in [-0.3, -0.25) is 4.72 Å². The molecule has 0 saturated heterocycles. The molecule has 0 aromatic heterocycles. The fourth-order valence-electron chi connectivity index (χ4n) is 1.60.